The van der Waals surface area contributed by atoms with Gasteiger partial charge in [0, 0.05) is 43.5 Å². The Morgan fingerprint density at radius 1 is 1.00 bits per heavy atom. The number of nitriles is 1. The Balaban J connectivity index is 1.45. The van der Waals surface area contributed by atoms with E-state index in [1.807, 2.05) is 53.8 Å². The quantitative estimate of drug-likeness (QED) is 0.684. The van der Waals surface area contributed by atoms with Gasteiger partial charge in [-0.15, -0.1) is 0 Å². The minimum atomic E-state index is 0.221. The van der Waals surface area contributed by atoms with E-state index < -0.39 is 0 Å². The predicted octanol–water partition coefficient (Wildman–Crippen LogP) is 3.91. The molecule has 0 aliphatic carbocycles. The van der Waals surface area contributed by atoms with Crippen molar-refractivity contribution in [3.63, 3.8) is 0 Å². The third kappa shape index (κ3) is 3.96. The second-order valence-electron chi connectivity index (χ2n) is 7.17. The van der Waals surface area contributed by atoms with Crippen molar-refractivity contribution < 1.29 is 4.79 Å². The number of rotatable bonds is 5. The van der Waals surface area contributed by atoms with Crippen molar-refractivity contribution in [2.75, 3.05) is 11.4 Å². The number of aromatic nitrogens is 2. The fourth-order valence-corrected chi connectivity index (χ4v) is 3.60. The van der Waals surface area contributed by atoms with Crippen LogP contribution in [0.3, 0.4) is 0 Å². The molecule has 0 unspecified atom stereocenters. The fourth-order valence-electron chi connectivity index (χ4n) is 3.60. The van der Waals surface area contributed by atoms with Gasteiger partial charge in [-0.3, -0.25) is 4.79 Å². The molecule has 5 nitrogen and oxygen atoms in total. The summed E-state index contributed by atoms with van der Waals surface area (Å²) in [5.74, 6) is 0.221. The van der Waals surface area contributed by atoms with Crippen molar-refractivity contribution in [2.24, 2.45) is 0 Å². The molecule has 1 fully saturated rings. The molecule has 3 aromatic rings. The Morgan fingerprint density at radius 3 is 2.46 bits per heavy atom. The highest BCUT2D eigenvalue weighted by molar-refractivity contribution is 5.93. The summed E-state index contributed by atoms with van der Waals surface area (Å²) < 4.78 is 2.14. The Bertz CT molecular complexity index is 996. The summed E-state index contributed by atoms with van der Waals surface area (Å²) in [7, 11) is 0. The van der Waals surface area contributed by atoms with Gasteiger partial charge in [-0.05, 0) is 48.2 Å². The van der Waals surface area contributed by atoms with Crippen LogP contribution in [-0.4, -0.2) is 22.0 Å². The molecule has 1 amide bonds. The molecule has 0 N–H and O–H groups in total. The van der Waals surface area contributed by atoms with E-state index in [0.29, 0.717) is 12.0 Å². The number of imidazole rings is 1. The summed E-state index contributed by atoms with van der Waals surface area (Å²) in [6.07, 6.45) is 7.22. The molecule has 0 spiro atoms. The molecule has 0 atom stereocenters. The van der Waals surface area contributed by atoms with Gasteiger partial charge in [0.2, 0.25) is 5.91 Å². The van der Waals surface area contributed by atoms with Crippen LogP contribution in [0.1, 0.15) is 41.6 Å². The second kappa shape index (κ2) is 8.10. The summed E-state index contributed by atoms with van der Waals surface area (Å²) >= 11 is 0. The third-order valence-electron chi connectivity index (χ3n) is 5.19. The maximum absolute atomic E-state index is 12.1. The average Bonchev–Trinajstić information content (AvgIpc) is 3.16. The van der Waals surface area contributed by atoms with E-state index in [9.17, 15) is 4.79 Å². The highest BCUT2D eigenvalue weighted by Crippen LogP contribution is 2.22. The molecule has 4 rings (SSSR count). The number of benzene rings is 2. The molecule has 5 heteroatoms. The lowest BCUT2D eigenvalue weighted by molar-refractivity contribution is -0.119. The molecule has 1 aliphatic heterocycles. The zero-order chi connectivity index (χ0) is 19.3. The number of nitrogens with zero attached hydrogens (tertiary/aromatic N) is 4. The topological polar surface area (TPSA) is 61.9 Å². The van der Waals surface area contributed by atoms with Crippen LogP contribution >= 0.6 is 0 Å². The molecule has 28 heavy (non-hydrogen) atoms. The number of carbonyl (C=O) groups excluding carboxylic acids is 1. The van der Waals surface area contributed by atoms with Gasteiger partial charge in [0.05, 0.1) is 18.0 Å². The van der Waals surface area contributed by atoms with Crippen LogP contribution in [0.4, 0.5) is 5.69 Å². The van der Waals surface area contributed by atoms with E-state index in [2.05, 4.69) is 27.8 Å². The van der Waals surface area contributed by atoms with Gasteiger partial charge in [0.15, 0.2) is 0 Å². The third-order valence-corrected chi connectivity index (χ3v) is 5.19. The number of hydrogen-bond donors (Lipinski definition) is 0. The molecule has 0 bridgehead atoms. The Kier molecular flexibility index (Phi) is 5.20. The number of carbonyl (C=O) groups is 1. The molecular formula is C23H22N4O. The van der Waals surface area contributed by atoms with E-state index >= 15 is 0 Å². The normalized spacial score (nSPS) is 14.1. The molecule has 1 saturated heterocycles. The fraction of sp³-hybridized carbons (Fsp3) is 0.261. The lowest BCUT2D eigenvalue weighted by Crippen LogP contribution is -2.35. The van der Waals surface area contributed by atoms with Gasteiger partial charge in [-0.2, -0.15) is 5.26 Å². The summed E-state index contributed by atoms with van der Waals surface area (Å²) in [5.41, 5.74) is 5.11. The highest BCUT2D eigenvalue weighted by atomic mass is 16.2. The lowest BCUT2D eigenvalue weighted by atomic mass is 10.1. The van der Waals surface area contributed by atoms with Crippen LogP contribution in [0.5, 0.6) is 0 Å². The second-order valence-corrected chi connectivity index (χ2v) is 7.17. The number of hydrogen-bond acceptors (Lipinski definition) is 3. The van der Waals surface area contributed by atoms with Gasteiger partial charge in [-0.1, -0.05) is 24.3 Å². The molecule has 140 valence electrons. The van der Waals surface area contributed by atoms with Crippen LogP contribution < -0.4 is 4.90 Å². The number of piperidine rings is 1. The van der Waals surface area contributed by atoms with Gasteiger partial charge >= 0.3 is 0 Å². The first-order chi connectivity index (χ1) is 13.7. The van der Waals surface area contributed by atoms with E-state index in [1.165, 1.54) is 5.56 Å². The summed E-state index contributed by atoms with van der Waals surface area (Å²) in [4.78, 5) is 18.3. The van der Waals surface area contributed by atoms with E-state index in [0.717, 1.165) is 49.3 Å². The van der Waals surface area contributed by atoms with Crippen molar-refractivity contribution >= 4 is 11.6 Å². The molecule has 0 radical (unpaired) electrons. The van der Waals surface area contributed by atoms with Crippen LogP contribution in [0.25, 0.3) is 0 Å². The maximum atomic E-state index is 12.1. The molecule has 2 aromatic carbocycles. The molecule has 1 aromatic heterocycles. The monoisotopic (exact) mass is 370 g/mol. The molecule has 1 aliphatic rings. The molecular weight excluding hydrogens is 348 g/mol. The van der Waals surface area contributed by atoms with Gasteiger partial charge in [-0.25, -0.2) is 4.98 Å². The van der Waals surface area contributed by atoms with Crippen molar-refractivity contribution in [2.45, 2.75) is 32.2 Å². The number of anilines is 1. The first-order valence-corrected chi connectivity index (χ1v) is 9.60. The zero-order valence-corrected chi connectivity index (χ0v) is 15.7. The molecule has 0 saturated carbocycles. The minimum Gasteiger partial charge on any atom is -0.330 e. The maximum Gasteiger partial charge on any atom is 0.226 e. The van der Waals surface area contributed by atoms with Crippen LogP contribution in [-0.2, 0) is 17.8 Å². The largest absolute Gasteiger partial charge is 0.330 e. The molecule has 2 heterocycles. The first kappa shape index (κ1) is 18.0. The Hall–Kier alpha value is -3.39. The van der Waals surface area contributed by atoms with E-state index in [4.69, 9.17) is 5.26 Å². The summed E-state index contributed by atoms with van der Waals surface area (Å²) in [6, 6.07) is 18.1. The van der Waals surface area contributed by atoms with Crippen LogP contribution in [0.2, 0.25) is 0 Å². The van der Waals surface area contributed by atoms with E-state index in [-0.39, 0.29) is 5.91 Å². The van der Waals surface area contributed by atoms with Crippen molar-refractivity contribution in [1.29, 1.82) is 5.26 Å². The summed E-state index contributed by atoms with van der Waals surface area (Å²) in [6.45, 7) is 1.55. The lowest BCUT2D eigenvalue weighted by Gasteiger charge is -2.26. The van der Waals surface area contributed by atoms with Crippen LogP contribution in [0, 0.1) is 11.3 Å². The van der Waals surface area contributed by atoms with Gasteiger partial charge in [0.1, 0.15) is 0 Å². The standard InChI is InChI=1S/C23H22N4O/c24-14-19-6-4-18(5-7-19)13-22-15-25-17-26(22)16-20-8-10-21(11-9-20)27-12-2-1-3-23(27)28/h4-11,15,17H,1-3,12-13,16H2. The van der Waals surface area contributed by atoms with Gasteiger partial charge < -0.3 is 9.47 Å². The van der Waals surface area contributed by atoms with E-state index in [1.54, 1.807) is 0 Å². The Morgan fingerprint density at radius 2 is 1.75 bits per heavy atom. The average molecular weight is 370 g/mol. The minimum absolute atomic E-state index is 0.221. The van der Waals surface area contributed by atoms with Gasteiger partial charge in [0.25, 0.3) is 0 Å². The van der Waals surface area contributed by atoms with Crippen molar-refractivity contribution in [3.05, 3.63) is 83.4 Å². The Labute approximate surface area is 164 Å². The smallest absolute Gasteiger partial charge is 0.226 e. The van der Waals surface area contributed by atoms with Crippen LogP contribution in [0.15, 0.2) is 61.1 Å². The van der Waals surface area contributed by atoms with Crippen molar-refractivity contribution in [1.82, 2.24) is 9.55 Å². The van der Waals surface area contributed by atoms with Crippen molar-refractivity contribution in [3.8, 4) is 6.07 Å². The zero-order valence-electron chi connectivity index (χ0n) is 15.7. The summed E-state index contributed by atoms with van der Waals surface area (Å²) in [5, 5.41) is 8.92. The number of amides is 1. The SMILES string of the molecule is N#Cc1ccc(Cc2cncn2Cc2ccc(N3CCCCC3=O)cc2)cc1. The predicted molar refractivity (Wildman–Crippen MR) is 108 cm³/mol. The highest BCUT2D eigenvalue weighted by Gasteiger charge is 2.19. The first-order valence-electron chi connectivity index (χ1n) is 9.60.